The minimum absolute atomic E-state index is 0.0341. The Morgan fingerprint density at radius 2 is 2.10 bits per heavy atom. The molecule has 1 aliphatic carbocycles. The molecule has 2 nitrogen and oxygen atoms in total. The van der Waals surface area contributed by atoms with Crippen LogP contribution in [-0.2, 0) is 0 Å². The van der Waals surface area contributed by atoms with Gasteiger partial charge in [-0.15, -0.1) is 0 Å². The topological polar surface area (TPSA) is 46.2 Å². The van der Waals surface area contributed by atoms with Gasteiger partial charge < -0.3 is 10.8 Å². The van der Waals surface area contributed by atoms with Crippen molar-refractivity contribution in [3.63, 3.8) is 0 Å². The van der Waals surface area contributed by atoms with E-state index in [0.29, 0.717) is 5.92 Å². The van der Waals surface area contributed by atoms with Crippen LogP contribution in [0.5, 0.6) is 0 Å². The summed E-state index contributed by atoms with van der Waals surface area (Å²) in [6.45, 7) is 4.33. The Morgan fingerprint density at radius 1 is 1.60 bits per heavy atom. The van der Waals surface area contributed by atoms with Crippen molar-refractivity contribution in [2.24, 2.45) is 11.7 Å². The van der Waals surface area contributed by atoms with Gasteiger partial charge in [-0.1, -0.05) is 13.8 Å². The lowest BCUT2D eigenvalue weighted by Crippen LogP contribution is -2.55. The van der Waals surface area contributed by atoms with Crippen LogP contribution in [-0.4, -0.2) is 16.7 Å². The van der Waals surface area contributed by atoms with Crippen LogP contribution in [0.2, 0.25) is 0 Å². The highest BCUT2D eigenvalue weighted by atomic mass is 16.3. The standard InChI is InChI=1S/C8H17NO/c1-6(2)3-8(9)4-7(10)5-8/h6-7,10H,3-5,9H2,1-2H3. The van der Waals surface area contributed by atoms with Crippen LogP contribution < -0.4 is 5.73 Å². The van der Waals surface area contributed by atoms with Gasteiger partial charge in [0.1, 0.15) is 0 Å². The summed E-state index contributed by atoms with van der Waals surface area (Å²) in [5, 5.41) is 9.02. The second-order valence-corrected chi connectivity index (χ2v) is 4.02. The molecule has 0 unspecified atom stereocenters. The number of aliphatic hydroxyl groups excluding tert-OH is 1. The van der Waals surface area contributed by atoms with Crippen molar-refractivity contribution < 1.29 is 5.11 Å². The summed E-state index contributed by atoms with van der Waals surface area (Å²) in [6.07, 6.45) is 2.52. The van der Waals surface area contributed by atoms with Crippen molar-refractivity contribution in [3.05, 3.63) is 0 Å². The third-order valence-electron chi connectivity index (χ3n) is 2.10. The van der Waals surface area contributed by atoms with E-state index in [0.717, 1.165) is 19.3 Å². The molecule has 0 aliphatic heterocycles. The predicted octanol–water partition coefficient (Wildman–Crippen LogP) is 0.885. The molecule has 0 aromatic rings. The molecular weight excluding hydrogens is 126 g/mol. The number of hydrogen-bond acceptors (Lipinski definition) is 2. The molecule has 3 N–H and O–H groups in total. The second-order valence-electron chi connectivity index (χ2n) is 4.02. The van der Waals surface area contributed by atoms with Crippen molar-refractivity contribution >= 4 is 0 Å². The lowest BCUT2D eigenvalue weighted by atomic mass is 9.71. The number of rotatable bonds is 2. The van der Waals surface area contributed by atoms with Gasteiger partial charge in [-0.3, -0.25) is 0 Å². The van der Waals surface area contributed by atoms with E-state index in [2.05, 4.69) is 13.8 Å². The lowest BCUT2D eigenvalue weighted by molar-refractivity contribution is 0.0129. The van der Waals surface area contributed by atoms with E-state index < -0.39 is 0 Å². The molecule has 60 valence electrons. The fraction of sp³-hybridized carbons (Fsp3) is 1.00. The summed E-state index contributed by atoms with van der Waals surface area (Å²) >= 11 is 0. The smallest absolute Gasteiger partial charge is 0.0575 e. The molecule has 1 rings (SSSR count). The quantitative estimate of drug-likeness (QED) is 0.603. The van der Waals surface area contributed by atoms with Crippen molar-refractivity contribution in [3.8, 4) is 0 Å². The maximum absolute atomic E-state index is 9.02. The van der Waals surface area contributed by atoms with Crippen LogP contribution in [0.3, 0.4) is 0 Å². The normalized spacial score (nSPS) is 39.9. The summed E-state index contributed by atoms with van der Waals surface area (Å²) < 4.78 is 0. The van der Waals surface area contributed by atoms with E-state index in [9.17, 15) is 0 Å². The Labute approximate surface area is 62.4 Å². The highest BCUT2D eigenvalue weighted by Gasteiger charge is 2.39. The third kappa shape index (κ3) is 1.70. The molecule has 0 aromatic carbocycles. The Kier molecular flexibility index (Phi) is 2.02. The Balaban J connectivity index is 2.27. The van der Waals surface area contributed by atoms with Crippen LogP contribution in [0.15, 0.2) is 0 Å². The fourth-order valence-electron chi connectivity index (χ4n) is 1.86. The van der Waals surface area contributed by atoms with Crippen LogP contribution in [0.4, 0.5) is 0 Å². The second kappa shape index (κ2) is 2.51. The van der Waals surface area contributed by atoms with Gasteiger partial charge >= 0.3 is 0 Å². The Morgan fingerprint density at radius 3 is 2.40 bits per heavy atom. The molecule has 1 aliphatic rings. The molecule has 2 heteroatoms. The van der Waals surface area contributed by atoms with Crippen LogP contribution in [0.25, 0.3) is 0 Å². The molecular formula is C8H17NO. The van der Waals surface area contributed by atoms with Gasteiger partial charge in [0.25, 0.3) is 0 Å². The van der Waals surface area contributed by atoms with Gasteiger partial charge in [0, 0.05) is 5.54 Å². The van der Waals surface area contributed by atoms with E-state index >= 15 is 0 Å². The lowest BCUT2D eigenvalue weighted by Gasteiger charge is -2.43. The molecule has 0 radical (unpaired) electrons. The van der Waals surface area contributed by atoms with Crippen molar-refractivity contribution in [1.82, 2.24) is 0 Å². The first-order valence-electron chi connectivity index (χ1n) is 3.99. The van der Waals surface area contributed by atoms with E-state index in [1.54, 1.807) is 0 Å². The Hall–Kier alpha value is -0.0800. The number of aliphatic hydroxyl groups is 1. The first-order chi connectivity index (χ1) is 4.52. The summed E-state index contributed by atoms with van der Waals surface area (Å²) in [4.78, 5) is 0. The van der Waals surface area contributed by atoms with Crippen molar-refractivity contribution in [2.75, 3.05) is 0 Å². The zero-order valence-electron chi connectivity index (χ0n) is 6.80. The molecule has 0 saturated heterocycles. The number of nitrogens with two attached hydrogens (primary N) is 1. The molecule has 0 spiro atoms. The SMILES string of the molecule is CC(C)CC1(N)CC(O)C1. The summed E-state index contributed by atoms with van der Waals surface area (Å²) in [5.41, 5.74) is 5.90. The maximum Gasteiger partial charge on any atom is 0.0575 e. The first kappa shape index (κ1) is 8.02. The van der Waals surface area contributed by atoms with Crippen molar-refractivity contribution in [1.29, 1.82) is 0 Å². The predicted molar refractivity (Wildman–Crippen MR) is 41.6 cm³/mol. The largest absolute Gasteiger partial charge is 0.393 e. The highest BCUT2D eigenvalue weighted by molar-refractivity contribution is 4.98. The molecule has 0 atom stereocenters. The summed E-state index contributed by atoms with van der Waals surface area (Å²) in [6, 6.07) is 0. The van der Waals surface area contributed by atoms with Gasteiger partial charge in [-0.25, -0.2) is 0 Å². The van der Waals surface area contributed by atoms with Gasteiger partial charge in [-0.05, 0) is 25.2 Å². The van der Waals surface area contributed by atoms with E-state index in [4.69, 9.17) is 10.8 Å². The van der Waals surface area contributed by atoms with Gasteiger partial charge in [-0.2, -0.15) is 0 Å². The molecule has 0 amide bonds. The number of hydrogen-bond donors (Lipinski definition) is 2. The highest BCUT2D eigenvalue weighted by Crippen LogP contribution is 2.34. The fourth-order valence-corrected chi connectivity index (χ4v) is 1.86. The maximum atomic E-state index is 9.02. The van der Waals surface area contributed by atoms with Gasteiger partial charge in [0.2, 0.25) is 0 Å². The van der Waals surface area contributed by atoms with E-state index in [-0.39, 0.29) is 11.6 Å². The molecule has 0 bridgehead atoms. The van der Waals surface area contributed by atoms with E-state index in [1.165, 1.54) is 0 Å². The molecule has 0 heterocycles. The minimum Gasteiger partial charge on any atom is -0.393 e. The molecule has 10 heavy (non-hydrogen) atoms. The first-order valence-corrected chi connectivity index (χ1v) is 3.99. The van der Waals surface area contributed by atoms with Crippen LogP contribution in [0, 0.1) is 5.92 Å². The zero-order valence-corrected chi connectivity index (χ0v) is 6.80. The van der Waals surface area contributed by atoms with Crippen molar-refractivity contribution in [2.45, 2.75) is 44.8 Å². The van der Waals surface area contributed by atoms with Crippen LogP contribution in [0.1, 0.15) is 33.1 Å². The summed E-state index contributed by atoms with van der Waals surface area (Å²) in [7, 11) is 0. The zero-order chi connectivity index (χ0) is 7.78. The average molecular weight is 143 g/mol. The monoisotopic (exact) mass is 143 g/mol. The third-order valence-corrected chi connectivity index (χ3v) is 2.10. The van der Waals surface area contributed by atoms with Gasteiger partial charge in [0.05, 0.1) is 6.10 Å². The molecule has 1 saturated carbocycles. The molecule has 1 fully saturated rings. The van der Waals surface area contributed by atoms with Gasteiger partial charge in [0.15, 0.2) is 0 Å². The summed E-state index contributed by atoms with van der Waals surface area (Å²) in [5.74, 6) is 0.650. The average Bonchev–Trinajstić information content (AvgIpc) is 1.57. The Bertz CT molecular complexity index is 116. The molecule has 0 aromatic heterocycles. The minimum atomic E-state index is -0.122. The van der Waals surface area contributed by atoms with E-state index in [1.807, 2.05) is 0 Å². The van der Waals surface area contributed by atoms with Crippen LogP contribution >= 0.6 is 0 Å².